The van der Waals surface area contributed by atoms with Crippen LogP contribution in [0.4, 0.5) is 0 Å². The van der Waals surface area contributed by atoms with Crippen LogP contribution in [0.5, 0.6) is 0 Å². The monoisotopic (exact) mass is 267 g/mol. The highest BCUT2D eigenvalue weighted by Crippen LogP contribution is 2.32. The van der Waals surface area contributed by atoms with Gasteiger partial charge in [-0.25, -0.2) is 0 Å². The Bertz CT molecular complexity index is 404. The Morgan fingerprint density at radius 2 is 2.11 bits per heavy atom. The molecule has 1 N–H and O–H groups in total. The largest absolute Gasteiger partial charge is 0.376 e. The minimum atomic E-state index is -0.178. The van der Waals surface area contributed by atoms with E-state index in [1.54, 1.807) is 0 Å². The van der Waals surface area contributed by atoms with Gasteiger partial charge in [0.2, 0.25) is 11.7 Å². The highest BCUT2D eigenvalue weighted by molar-refractivity contribution is 5.02. The fraction of sp³-hybridized carbons (Fsp3) is 0.846. The summed E-state index contributed by atoms with van der Waals surface area (Å²) < 4.78 is 16.4. The molecule has 2 fully saturated rings. The van der Waals surface area contributed by atoms with Crippen molar-refractivity contribution in [1.29, 1.82) is 0 Å². The predicted octanol–water partition coefficient (Wildman–Crippen LogP) is 1.40. The maximum atomic E-state index is 5.59. The van der Waals surface area contributed by atoms with E-state index >= 15 is 0 Å². The standard InChI is InChI=1S/C13H21N3O3/c1-14-10-5-3-2-4-9(10)13-15-12(16-19-13)11-8-17-6-7-18-11/h9-11,14H,2-8H2,1H3. The molecular formula is C13H21N3O3. The number of hydrogen-bond donors (Lipinski definition) is 1. The molecule has 2 heterocycles. The number of aromatic nitrogens is 2. The SMILES string of the molecule is CNC1CCCCC1c1nc(C2COCCO2)no1. The maximum absolute atomic E-state index is 5.59. The van der Waals surface area contributed by atoms with Crippen molar-refractivity contribution in [2.24, 2.45) is 0 Å². The number of ether oxygens (including phenoxy) is 2. The van der Waals surface area contributed by atoms with Gasteiger partial charge in [0.15, 0.2) is 0 Å². The zero-order valence-electron chi connectivity index (χ0n) is 11.3. The van der Waals surface area contributed by atoms with Crippen LogP contribution in [-0.2, 0) is 9.47 Å². The molecule has 3 atom stereocenters. The van der Waals surface area contributed by atoms with Crippen LogP contribution in [0.1, 0.15) is 49.4 Å². The second kappa shape index (κ2) is 5.98. The number of nitrogens with zero attached hydrogens (tertiary/aromatic N) is 2. The second-order valence-electron chi connectivity index (χ2n) is 5.21. The van der Waals surface area contributed by atoms with Crippen LogP contribution in [0.2, 0.25) is 0 Å². The number of likely N-dealkylation sites (N-methyl/N-ethyl adjacent to an activating group) is 1. The molecule has 6 heteroatoms. The third-order valence-corrected chi connectivity index (χ3v) is 4.02. The molecule has 106 valence electrons. The van der Waals surface area contributed by atoms with Gasteiger partial charge in [-0.05, 0) is 19.9 Å². The van der Waals surface area contributed by atoms with Crippen molar-refractivity contribution in [3.63, 3.8) is 0 Å². The first-order valence-electron chi connectivity index (χ1n) is 7.08. The second-order valence-corrected chi connectivity index (χ2v) is 5.21. The van der Waals surface area contributed by atoms with Gasteiger partial charge in [0.25, 0.3) is 0 Å². The Hall–Kier alpha value is -0.980. The van der Waals surface area contributed by atoms with Crippen molar-refractivity contribution < 1.29 is 14.0 Å². The van der Waals surface area contributed by atoms with Gasteiger partial charge < -0.3 is 19.3 Å². The van der Waals surface area contributed by atoms with E-state index in [1.807, 2.05) is 7.05 Å². The molecular weight excluding hydrogens is 246 g/mol. The van der Waals surface area contributed by atoms with Crippen molar-refractivity contribution in [3.8, 4) is 0 Å². The van der Waals surface area contributed by atoms with E-state index in [0.717, 1.165) is 12.3 Å². The van der Waals surface area contributed by atoms with Gasteiger partial charge in [0, 0.05) is 6.04 Å². The van der Waals surface area contributed by atoms with Crippen LogP contribution >= 0.6 is 0 Å². The van der Waals surface area contributed by atoms with Crippen molar-refractivity contribution in [2.45, 2.75) is 43.7 Å². The molecule has 1 aromatic heterocycles. The lowest BCUT2D eigenvalue weighted by atomic mass is 9.84. The summed E-state index contributed by atoms with van der Waals surface area (Å²) in [4.78, 5) is 4.53. The molecule has 1 aromatic rings. The minimum absolute atomic E-state index is 0.178. The summed E-state index contributed by atoms with van der Waals surface area (Å²) in [6.45, 7) is 1.75. The Morgan fingerprint density at radius 1 is 1.21 bits per heavy atom. The topological polar surface area (TPSA) is 69.4 Å². The molecule has 1 aliphatic heterocycles. The fourth-order valence-corrected chi connectivity index (χ4v) is 2.94. The van der Waals surface area contributed by atoms with Crippen LogP contribution < -0.4 is 5.32 Å². The summed E-state index contributed by atoms with van der Waals surface area (Å²) >= 11 is 0. The first kappa shape index (κ1) is 13.0. The van der Waals surface area contributed by atoms with Crippen molar-refractivity contribution >= 4 is 0 Å². The van der Waals surface area contributed by atoms with Gasteiger partial charge in [-0.15, -0.1) is 0 Å². The molecule has 0 radical (unpaired) electrons. The number of nitrogens with one attached hydrogen (secondary N) is 1. The van der Waals surface area contributed by atoms with Crippen LogP contribution in [0, 0.1) is 0 Å². The normalized spacial score (nSPS) is 32.4. The summed E-state index contributed by atoms with van der Waals surface area (Å²) in [6.07, 6.45) is 4.59. The summed E-state index contributed by atoms with van der Waals surface area (Å²) in [5.41, 5.74) is 0. The van der Waals surface area contributed by atoms with Gasteiger partial charge in [-0.1, -0.05) is 18.0 Å². The first-order chi connectivity index (χ1) is 9.38. The van der Waals surface area contributed by atoms with Crippen LogP contribution in [0.3, 0.4) is 0 Å². The highest BCUT2D eigenvalue weighted by Gasteiger charge is 2.31. The van der Waals surface area contributed by atoms with Gasteiger partial charge in [0.05, 0.1) is 25.7 Å². The zero-order valence-corrected chi connectivity index (χ0v) is 11.3. The van der Waals surface area contributed by atoms with Gasteiger partial charge >= 0.3 is 0 Å². The lowest BCUT2D eigenvalue weighted by Gasteiger charge is -2.28. The minimum Gasteiger partial charge on any atom is -0.376 e. The average Bonchev–Trinajstić information content (AvgIpc) is 2.98. The molecule has 3 rings (SSSR count). The van der Waals surface area contributed by atoms with E-state index in [1.165, 1.54) is 19.3 Å². The van der Waals surface area contributed by atoms with Crippen molar-refractivity contribution in [2.75, 3.05) is 26.9 Å². The smallest absolute Gasteiger partial charge is 0.231 e. The summed E-state index contributed by atoms with van der Waals surface area (Å²) in [7, 11) is 2.00. The third-order valence-electron chi connectivity index (χ3n) is 4.02. The molecule has 19 heavy (non-hydrogen) atoms. The van der Waals surface area contributed by atoms with Crippen LogP contribution in [-0.4, -0.2) is 43.1 Å². The molecule has 3 unspecified atom stereocenters. The molecule has 0 amide bonds. The predicted molar refractivity (Wildman–Crippen MR) is 67.9 cm³/mol. The van der Waals surface area contributed by atoms with Gasteiger partial charge in [-0.2, -0.15) is 4.98 Å². The molecule has 0 spiro atoms. The Labute approximate surface area is 112 Å². The van der Waals surface area contributed by atoms with Crippen molar-refractivity contribution in [1.82, 2.24) is 15.5 Å². The van der Waals surface area contributed by atoms with E-state index < -0.39 is 0 Å². The lowest BCUT2D eigenvalue weighted by Crippen LogP contribution is -2.34. The number of hydrogen-bond acceptors (Lipinski definition) is 6. The van der Waals surface area contributed by atoms with E-state index in [2.05, 4.69) is 15.5 Å². The molecule has 1 saturated heterocycles. The Kier molecular flexibility index (Phi) is 4.10. The van der Waals surface area contributed by atoms with Crippen LogP contribution in [0.15, 0.2) is 4.52 Å². The molecule has 6 nitrogen and oxygen atoms in total. The van der Waals surface area contributed by atoms with E-state index in [4.69, 9.17) is 14.0 Å². The fourth-order valence-electron chi connectivity index (χ4n) is 2.94. The highest BCUT2D eigenvalue weighted by atomic mass is 16.6. The van der Waals surface area contributed by atoms with Crippen LogP contribution in [0.25, 0.3) is 0 Å². The summed E-state index contributed by atoms with van der Waals surface area (Å²) in [6, 6.07) is 0.436. The lowest BCUT2D eigenvalue weighted by molar-refractivity contribution is -0.0941. The third kappa shape index (κ3) is 2.80. The van der Waals surface area contributed by atoms with E-state index in [0.29, 0.717) is 37.6 Å². The first-order valence-corrected chi connectivity index (χ1v) is 7.08. The van der Waals surface area contributed by atoms with E-state index in [9.17, 15) is 0 Å². The van der Waals surface area contributed by atoms with Gasteiger partial charge in [-0.3, -0.25) is 0 Å². The summed E-state index contributed by atoms with van der Waals surface area (Å²) in [5, 5.41) is 7.42. The van der Waals surface area contributed by atoms with Crippen molar-refractivity contribution in [3.05, 3.63) is 11.7 Å². The molecule has 1 saturated carbocycles. The number of rotatable bonds is 3. The zero-order chi connectivity index (χ0) is 13.1. The molecule has 0 aromatic carbocycles. The quantitative estimate of drug-likeness (QED) is 0.892. The Balaban J connectivity index is 1.72. The molecule has 1 aliphatic carbocycles. The average molecular weight is 267 g/mol. The van der Waals surface area contributed by atoms with Gasteiger partial charge in [0.1, 0.15) is 6.10 Å². The summed E-state index contributed by atoms with van der Waals surface area (Å²) in [5.74, 6) is 1.68. The molecule has 0 bridgehead atoms. The van der Waals surface area contributed by atoms with E-state index in [-0.39, 0.29) is 6.10 Å². The maximum Gasteiger partial charge on any atom is 0.231 e. The molecule has 2 aliphatic rings. The Morgan fingerprint density at radius 3 is 2.89 bits per heavy atom.